The van der Waals surface area contributed by atoms with Gasteiger partial charge >= 0.3 is 0 Å². The molecule has 0 aliphatic carbocycles. The second-order valence-corrected chi connectivity index (χ2v) is 4.42. The van der Waals surface area contributed by atoms with E-state index < -0.39 is 23.2 Å². The van der Waals surface area contributed by atoms with Crippen molar-refractivity contribution in [3.8, 4) is 0 Å². The van der Waals surface area contributed by atoms with Crippen LogP contribution in [0, 0.1) is 11.6 Å². The fourth-order valence-corrected chi connectivity index (χ4v) is 1.97. The van der Waals surface area contributed by atoms with Crippen molar-refractivity contribution in [2.24, 2.45) is 5.73 Å². The molecule has 0 aromatic heterocycles. The Balaban J connectivity index is 2.56. The van der Waals surface area contributed by atoms with Gasteiger partial charge in [-0.1, -0.05) is 17.7 Å². The van der Waals surface area contributed by atoms with Crippen molar-refractivity contribution in [3.63, 3.8) is 0 Å². The molecule has 0 saturated heterocycles. The summed E-state index contributed by atoms with van der Waals surface area (Å²) in [6, 6.07) is 5.97. The zero-order valence-electron chi connectivity index (χ0n) is 10.1. The van der Waals surface area contributed by atoms with Crippen LogP contribution in [0.5, 0.6) is 0 Å². The number of hydrogen-bond acceptors (Lipinski definition) is 3. The first kappa shape index (κ1) is 14.1. The molecule has 104 valence electrons. The van der Waals surface area contributed by atoms with Gasteiger partial charge in [0.15, 0.2) is 0 Å². The van der Waals surface area contributed by atoms with E-state index >= 15 is 0 Å². The first-order chi connectivity index (χ1) is 9.40. The van der Waals surface area contributed by atoms with Crippen LogP contribution in [0.25, 0.3) is 0 Å². The molecule has 0 radical (unpaired) electrons. The second-order valence-electron chi connectivity index (χ2n) is 4.01. The lowest BCUT2D eigenvalue weighted by Gasteiger charge is -2.14. The molecule has 0 bridgehead atoms. The number of rotatable bonds is 3. The smallest absolute Gasteiger partial charge is 0.250 e. The van der Waals surface area contributed by atoms with Crippen molar-refractivity contribution in [1.82, 2.24) is 0 Å². The summed E-state index contributed by atoms with van der Waals surface area (Å²) in [7, 11) is 0. The number of halogens is 3. The molecule has 0 unspecified atom stereocenters. The molecule has 0 aliphatic rings. The molecule has 7 heteroatoms. The number of nitrogen functional groups attached to an aromatic ring is 1. The lowest BCUT2D eigenvalue weighted by Crippen LogP contribution is -2.14. The van der Waals surface area contributed by atoms with Gasteiger partial charge in [-0.25, -0.2) is 8.78 Å². The third-order valence-corrected chi connectivity index (χ3v) is 2.89. The van der Waals surface area contributed by atoms with Gasteiger partial charge in [-0.3, -0.25) is 4.79 Å². The third kappa shape index (κ3) is 2.65. The van der Waals surface area contributed by atoms with Crippen molar-refractivity contribution in [2.75, 3.05) is 11.1 Å². The van der Waals surface area contributed by atoms with Gasteiger partial charge in [0.1, 0.15) is 17.3 Å². The predicted molar refractivity (Wildman–Crippen MR) is 74.0 cm³/mol. The van der Waals surface area contributed by atoms with E-state index in [2.05, 4.69) is 5.32 Å². The van der Waals surface area contributed by atoms with E-state index in [0.29, 0.717) is 0 Å². The number of para-hydroxylation sites is 1. The zero-order chi connectivity index (χ0) is 14.9. The molecule has 0 atom stereocenters. The fourth-order valence-electron chi connectivity index (χ4n) is 1.69. The zero-order valence-corrected chi connectivity index (χ0v) is 10.8. The summed E-state index contributed by atoms with van der Waals surface area (Å²) < 4.78 is 27.2. The van der Waals surface area contributed by atoms with E-state index in [0.717, 1.165) is 12.1 Å². The molecule has 0 spiro atoms. The molecule has 0 aliphatic heterocycles. The van der Waals surface area contributed by atoms with E-state index in [9.17, 15) is 13.6 Å². The highest BCUT2D eigenvalue weighted by Gasteiger charge is 2.17. The van der Waals surface area contributed by atoms with Crippen LogP contribution in [0.4, 0.5) is 25.8 Å². The van der Waals surface area contributed by atoms with Gasteiger partial charge in [0.25, 0.3) is 5.91 Å². The number of anilines is 3. The van der Waals surface area contributed by atoms with E-state index in [1.807, 2.05) is 0 Å². The highest BCUT2D eigenvalue weighted by Crippen LogP contribution is 2.33. The quantitative estimate of drug-likeness (QED) is 0.762. The van der Waals surface area contributed by atoms with Crippen LogP contribution < -0.4 is 16.8 Å². The average molecular weight is 298 g/mol. The van der Waals surface area contributed by atoms with Crippen molar-refractivity contribution < 1.29 is 13.6 Å². The molecule has 0 saturated carbocycles. The molecule has 20 heavy (non-hydrogen) atoms. The number of nitrogens with two attached hydrogens (primary N) is 2. The van der Waals surface area contributed by atoms with Gasteiger partial charge in [0, 0.05) is 5.69 Å². The summed E-state index contributed by atoms with van der Waals surface area (Å²) in [4.78, 5) is 11.4. The van der Waals surface area contributed by atoms with Crippen LogP contribution in [0.2, 0.25) is 5.02 Å². The Morgan fingerprint density at radius 2 is 1.75 bits per heavy atom. The standard InChI is InChI=1S/C13H10ClF2N3O/c14-8-5-6(17)4-7(13(18)20)11(8)19-12-9(15)2-1-3-10(12)16/h1-5,19H,17H2,(H2,18,20). The fraction of sp³-hybridized carbons (Fsp3) is 0. The molecule has 2 aromatic rings. The lowest BCUT2D eigenvalue weighted by molar-refractivity contribution is 0.100. The summed E-state index contributed by atoms with van der Waals surface area (Å²) in [6.07, 6.45) is 0. The number of benzene rings is 2. The van der Waals surface area contributed by atoms with Crippen LogP contribution in [0.1, 0.15) is 10.4 Å². The van der Waals surface area contributed by atoms with Gasteiger partial charge in [0.2, 0.25) is 0 Å². The molecule has 5 N–H and O–H groups in total. The highest BCUT2D eigenvalue weighted by atomic mass is 35.5. The Kier molecular flexibility index (Phi) is 3.76. The second kappa shape index (κ2) is 5.34. The molecular formula is C13H10ClF2N3O. The number of carbonyl (C=O) groups is 1. The topological polar surface area (TPSA) is 81.1 Å². The molecule has 4 nitrogen and oxygen atoms in total. The van der Waals surface area contributed by atoms with Gasteiger partial charge in [-0.15, -0.1) is 0 Å². The monoisotopic (exact) mass is 297 g/mol. The van der Waals surface area contributed by atoms with Crippen molar-refractivity contribution in [1.29, 1.82) is 0 Å². The number of amides is 1. The maximum atomic E-state index is 13.6. The minimum atomic E-state index is -0.826. The predicted octanol–water partition coefficient (Wildman–Crippen LogP) is 3.04. The van der Waals surface area contributed by atoms with Crippen LogP contribution in [0.3, 0.4) is 0 Å². The Bertz CT molecular complexity index is 671. The molecule has 2 aromatic carbocycles. The summed E-state index contributed by atoms with van der Waals surface area (Å²) in [5.74, 6) is -2.47. The number of hydrogen-bond donors (Lipinski definition) is 3. The summed E-state index contributed by atoms with van der Waals surface area (Å²) in [5, 5.41) is 2.48. The van der Waals surface area contributed by atoms with Crippen LogP contribution in [-0.2, 0) is 0 Å². The van der Waals surface area contributed by atoms with Crippen molar-refractivity contribution in [3.05, 3.63) is 52.6 Å². The largest absolute Gasteiger partial charge is 0.399 e. The van der Waals surface area contributed by atoms with E-state index in [1.165, 1.54) is 18.2 Å². The van der Waals surface area contributed by atoms with Gasteiger partial charge in [-0.2, -0.15) is 0 Å². The van der Waals surface area contributed by atoms with Crippen LogP contribution in [-0.4, -0.2) is 5.91 Å². The minimum absolute atomic E-state index is 0.00244. The molecule has 2 rings (SSSR count). The summed E-state index contributed by atoms with van der Waals surface area (Å²) in [5.41, 5.74) is 10.5. The van der Waals surface area contributed by atoms with Gasteiger partial charge < -0.3 is 16.8 Å². The number of nitrogens with one attached hydrogen (secondary N) is 1. The maximum Gasteiger partial charge on any atom is 0.250 e. The normalized spacial score (nSPS) is 10.3. The number of primary amides is 1. The summed E-state index contributed by atoms with van der Waals surface area (Å²) >= 11 is 5.94. The maximum absolute atomic E-state index is 13.6. The molecule has 0 heterocycles. The van der Waals surface area contributed by atoms with Gasteiger partial charge in [-0.05, 0) is 24.3 Å². The van der Waals surface area contributed by atoms with E-state index in [4.69, 9.17) is 23.1 Å². The van der Waals surface area contributed by atoms with Crippen LogP contribution >= 0.6 is 11.6 Å². The first-order valence-electron chi connectivity index (χ1n) is 5.50. The third-order valence-electron chi connectivity index (χ3n) is 2.59. The Morgan fingerprint density at radius 1 is 1.15 bits per heavy atom. The SMILES string of the molecule is NC(=O)c1cc(N)cc(Cl)c1Nc1c(F)cccc1F. The Labute approximate surface area is 118 Å². The lowest BCUT2D eigenvalue weighted by atomic mass is 10.1. The minimum Gasteiger partial charge on any atom is -0.399 e. The molecule has 0 fully saturated rings. The van der Waals surface area contributed by atoms with Crippen LogP contribution in [0.15, 0.2) is 30.3 Å². The van der Waals surface area contributed by atoms with E-state index in [-0.39, 0.29) is 22.0 Å². The molecule has 1 amide bonds. The first-order valence-corrected chi connectivity index (χ1v) is 5.88. The Hall–Kier alpha value is -2.34. The van der Waals surface area contributed by atoms with Crippen molar-refractivity contribution in [2.45, 2.75) is 0 Å². The number of carbonyl (C=O) groups excluding carboxylic acids is 1. The molecular weight excluding hydrogens is 288 g/mol. The van der Waals surface area contributed by atoms with E-state index in [1.54, 1.807) is 0 Å². The van der Waals surface area contributed by atoms with Gasteiger partial charge in [0.05, 0.1) is 16.3 Å². The summed E-state index contributed by atoms with van der Waals surface area (Å²) in [6.45, 7) is 0. The Morgan fingerprint density at radius 3 is 2.30 bits per heavy atom. The highest BCUT2D eigenvalue weighted by molar-refractivity contribution is 6.34. The average Bonchev–Trinajstić information content (AvgIpc) is 2.35. The van der Waals surface area contributed by atoms with Crippen molar-refractivity contribution >= 4 is 34.6 Å².